The molecule has 1 atom stereocenters. The molecule has 0 bridgehead atoms. The van der Waals surface area contributed by atoms with Gasteiger partial charge in [-0.15, -0.1) is 0 Å². The molecule has 0 saturated carbocycles. The molecule has 4 heteroatoms. The highest BCUT2D eigenvalue weighted by Gasteiger charge is 2.01. The highest BCUT2D eigenvalue weighted by Crippen LogP contribution is 2.22. The molecule has 0 aliphatic carbocycles. The van der Waals surface area contributed by atoms with Crippen LogP contribution < -0.4 is 5.32 Å². The van der Waals surface area contributed by atoms with E-state index in [1.54, 1.807) is 13.0 Å². The number of benzene rings is 1. The second kappa shape index (κ2) is 4.58. The van der Waals surface area contributed by atoms with Gasteiger partial charge in [0.25, 0.3) is 0 Å². The number of hydrogen-bond donors (Lipinski definition) is 2. The Morgan fingerprint density at radius 2 is 2.31 bits per heavy atom. The summed E-state index contributed by atoms with van der Waals surface area (Å²) in [6.45, 7) is 2.13. The van der Waals surface area contributed by atoms with Crippen molar-refractivity contribution in [2.45, 2.75) is 13.0 Å². The lowest BCUT2D eigenvalue weighted by Gasteiger charge is -2.09. The zero-order valence-corrected chi connectivity index (χ0v) is 8.81. The van der Waals surface area contributed by atoms with Crippen molar-refractivity contribution in [3.8, 4) is 0 Å². The lowest BCUT2D eigenvalue weighted by atomic mass is 10.3. The largest absolute Gasteiger partial charge is 0.392 e. The predicted molar refractivity (Wildman–Crippen MR) is 54.3 cm³/mol. The first-order valence-corrected chi connectivity index (χ1v) is 4.76. The molecule has 0 radical (unpaired) electrons. The van der Waals surface area contributed by atoms with Gasteiger partial charge in [0.1, 0.15) is 5.82 Å². The highest BCUT2D eigenvalue weighted by molar-refractivity contribution is 9.10. The van der Waals surface area contributed by atoms with E-state index in [0.717, 1.165) is 5.69 Å². The summed E-state index contributed by atoms with van der Waals surface area (Å²) in [6.07, 6.45) is -0.419. The lowest BCUT2D eigenvalue weighted by molar-refractivity contribution is 0.208. The normalized spacial score (nSPS) is 12.6. The number of hydrogen-bond acceptors (Lipinski definition) is 2. The van der Waals surface area contributed by atoms with Gasteiger partial charge in [-0.3, -0.25) is 0 Å². The van der Waals surface area contributed by atoms with Crippen LogP contribution in [-0.4, -0.2) is 17.8 Å². The van der Waals surface area contributed by atoms with E-state index < -0.39 is 6.10 Å². The number of rotatable bonds is 3. The van der Waals surface area contributed by atoms with Crippen molar-refractivity contribution < 1.29 is 9.50 Å². The molecule has 0 saturated heterocycles. The van der Waals surface area contributed by atoms with Gasteiger partial charge in [0.15, 0.2) is 0 Å². The Morgan fingerprint density at radius 1 is 1.62 bits per heavy atom. The maximum Gasteiger partial charge on any atom is 0.124 e. The molecule has 2 nitrogen and oxygen atoms in total. The fraction of sp³-hybridized carbons (Fsp3) is 0.333. The molecule has 72 valence electrons. The minimum absolute atomic E-state index is 0.283. The van der Waals surface area contributed by atoms with E-state index in [9.17, 15) is 4.39 Å². The minimum atomic E-state index is -0.419. The molecule has 13 heavy (non-hydrogen) atoms. The number of nitrogens with one attached hydrogen (secondary N) is 1. The summed E-state index contributed by atoms with van der Waals surface area (Å²) in [7, 11) is 0. The number of aliphatic hydroxyl groups excluding tert-OH is 1. The van der Waals surface area contributed by atoms with E-state index in [2.05, 4.69) is 21.2 Å². The first-order chi connectivity index (χ1) is 6.09. The summed E-state index contributed by atoms with van der Waals surface area (Å²) in [5, 5.41) is 12.0. The van der Waals surface area contributed by atoms with Gasteiger partial charge in [-0.1, -0.05) is 0 Å². The van der Waals surface area contributed by atoms with Crippen molar-refractivity contribution >= 4 is 21.6 Å². The molecule has 1 rings (SSSR count). The Hall–Kier alpha value is -0.610. The van der Waals surface area contributed by atoms with Crippen LogP contribution in [0.5, 0.6) is 0 Å². The van der Waals surface area contributed by atoms with Crippen LogP contribution in [0, 0.1) is 5.82 Å². The quantitative estimate of drug-likeness (QED) is 0.860. The summed E-state index contributed by atoms with van der Waals surface area (Å²) in [5.41, 5.74) is 0.780. The summed E-state index contributed by atoms with van der Waals surface area (Å²) in [6, 6.07) is 4.38. The molecule has 0 spiro atoms. The fourth-order valence-electron chi connectivity index (χ4n) is 0.891. The van der Waals surface area contributed by atoms with Crippen LogP contribution in [0.3, 0.4) is 0 Å². The van der Waals surface area contributed by atoms with E-state index in [4.69, 9.17) is 5.11 Å². The monoisotopic (exact) mass is 247 g/mol. The third kappa shape index (κ3) is 3.32. The van der Waals surface area contributed by atoms with Crippen molar-refractivity contribution in [2.75, 3.05) is 11.9 Å². The van der Waals surface area contributed by atoms with Gasteiger partial charge in [0.2, 0.25) is 0 Å². The standard InChI is InChI=1S/C9H11BrFNO/c1-6(13)5-12-9-3-2-7(11)4-8(9)10/h2-4,6,12-13H,5H2,1H3/t6-/m0/s1. The molecule has 0 aliphatic heterocycles. The Bertz CT molecular complexity index is 291. The molecular formula is C9H11BrFNO. The van der Waals surface area contributed by atoms with Crippen LogP contribution in [0.15, 0.2) is 22.7 Å². The van der Waals surface area contributed by atoms with Gasteiger partial charge in [0, 0.05) is 16.7 Å². The van der Waals surface area contributed by atoms with E-state index in [1.165, 1.54) is 12.1 Å². The van der Waals surface area contributed by atoms with Crippen molar-refractivity contribution in [3.05, 3.63) is 28.5 Å². The second-order valence-electron chi connectivity index (χ2n) is 2.85. The molecule has 2 N–H and O–H groups in total. The van der Waals surface area contributed by atoms with Crippen molar-refractivity contribution in [1.29, 1.82) is 0 Å². The third-order valence-corrected chi connectivity index (χ3v) is 2.18. The topological polar surface area (TPSA) is 32.3 Å². The maximum atomic E-state index is 12.6. The van der Waals surface area contributed by atoms with Crippen LogP contribution in [0.4, 0.5) is 10.1 Å². The van der Waals surface area contributed by atoms with E-state index in [0.29, 0.717) is 11.0 Å². The van der Waals surface area contributed by atoms with Crippen LogP contribution in [-0.2, 0) is 0 Å². The molecule has 1 aromatic rings. The van der Waals surface area contributed by atoms with E-state index >= 15 is 0 Å². The molecular weight excluding hydrogens is 237 g/mol. The van der Waals surface area contributed by atoms with Crippen LogP contribution in [0.25, 0.3) is 0 Å². The van der Waals surface area contributed by atoms with E-state index in [1.807, 2.05) is 0 Å². The molecule has 0 amide bonds. The van der Waals surface area contributed by atoms with E-state index in [-0.39, 0.29) is 5.82 Å². The van der Waals surface area contributed by atoms with Gasteiger partial charge in [-0.25, -0.2) is 4.39 Å². The molecule has 0 unspecified atom stereocenters. The summed E-state index contributed by atoms with van der Waals surface area (Å²) in [5.74, 6) is -0.283. The molecule has 0 aliphatic rings. The Labute approximate surface area is 84.9 Å². The van der Waals surface area contributed by atoms with Crippen molar-refractivity contribution in [2.24, 2.45) is 0 Å². The minimum Gasteiger partial charge on any atom is -0.392 e. The fourth-order valence-corrected chi connectivity index (χ4v) is 1.38. The Morgan fingerprint density at radius 3 is 2.85 bits per heavy atom. The average molecular weight is 248 g/mol. The lowest BCUT2D eigenvalue weighted by Crippen LogP contribution is -2.15. The third-order valence-electron chi connectivity index (χ3n) is 1.52. The zero-order chi connectivity index (χ0) is 9.84. The van der Waals surface area contributed by atoms with Gasteiger partial charge >= 0.3 is 0 Å². The van der Waals surface area contributed by atoms with Gasteiger partial charge in [-0.05, 0) is 41.1 Å². The van der Waals surface area contributed by atoms with Gasteiger partial charge in [-0.2, -0.15) is 0 Å². The molecule has 0 aromatic heterocycles. The second-order valence-corrected chi connectivity index (χ2v) is 3.71. The predicted octanol–water partition coefficient (Wildman–Crippen LogP) is 2.38. The smallest absolute Gasteiger partial charge is 0.124 e. The summed E-state index contributed by atoms with van der Waals surface area (Å²) < 4.78 is 13.3. The highest BCUT2D eigenvalue weighted by atomic mass is 79.9. The number of aliphatic hydroxyl groups is 1. The SMILES string of the molecule is C[C@H](O)CNc1ccc(F)cc1Br. The van der Waals surface area contributed by atoms with Crippen LogP contribution >= 0.6 is 15.9 Å². The first kappa shape index (κ1) is 10.5. The Balaban J connectivity index is 2.67. The van der Waals surface area contributed by atoms with Crippen LogP contribution in [0.2, 0.25) is 0 Å². The molecule has 0 heterocycles. The zero-order valence-electron chi connectivity index (χ0n) is 7.22. The van der Waals surface area contributed by atoms with Crippen LogP contribution in [0.1, 0.15) is 6.92 Å². The molecule has 1 aromatic carbocycles. The van der Waals surface area contributed by atoms with Gasteiger partial charge < -0.3 is 10.4 Å². The van der Waals surface area contributed by atoms with Crippen molar-refractivity contribution in [1.82, 2.24) is 0 Å². The van der Waals surface area contributed by atoms with Crippen molar-refractivity contribution in [3.63, 3.8) is 0 Å². The van der Waals surface area contributed by atoms with Gasteiger partial charge in [0.05, 0.1) is 6.10 Å². The average Bonchev–Trinajstić information content (AvgIpc) is 2.02. The molecule has 0 fully saturated rings. The first-order valence-electron chi connectivity index (χ1n) is 3.96. The Kier molecular flexibility index (Phi) is 3.69. The number of halogens is 2. The number of anilines is 1. The summed E-state index contributed by atoms with van der Waals surface area (Å²) in [4.78, 5) is 0. The summed E-state index contributed by atoms with van der Waals surface area (Å²) >= 11 is 3.21. The maximum absolute atomic E-state index is 12.6.